The Morgan fingerprint density at radius 3 is 2.26 bits per heavy atom. The van der Waals surface area contributed by atoms with Crippen LogP contribution in [-0.2, 0) is 20.9 Å². The van der Waals surface area contributed by atoms with Crippen molar-refractivity contribution < 1.29 is 28.7 Å². The molecule has 0 aromatic heterocycles. The van der Waals surface area contributed by atoms with Crippen molar-refractivity contribution in [2.45, 2.75) is 31.9 Å². The van der Waals surface area contributed by atoms with Gasteiger partial charge < -0.3 is 9.47 Å². The smallest absolute Gasteiger partial charge is 0.413 e. The highest BCUT2D eigenvalue weighted by Gasteiger charge is 2.39. The van der Waals surface area contributed by atoms with Crippen molar-refractivity contribution in [1.29, 1.82) is 0 Å². The molecule has 160 valence electrons. The Hall–Kier alpha value is -3.68. The quantitative estimate of drug-likeness (QED) is 0.387. The lowest BCUT2D eigenvalue weighted by Gasteiger charge is -2.20. The normalized spacial score (nSPS) is 17.7. The molecule has 0 bridgehead atoms. The highest BCUT2D eigenvalue weighted by atomic mass is 16.6. The second-order valence-electron chi connectivity index (χ2n) is 7.42. The van der Waals surface area contributed by atoms with Gasteiger partial charge in [-0.3, -0.25) is 19.4 Å². The molecule has 8 nitrogen and oxygen atoms in total. The number of amides is 3. The maximum Gasteiger partial charge on any atom is 0.413 e. The van der Waals surface area contributed by atoms with Crippen LogP contribution in [0.1, 0.15) is 45.5 Å². The summed E-state index contributed by atoms with van der Waals surface area (Å²) in [5.74, 6) is -1.07. The van der Waals surface area contributed by atoms with Crippen molar-refractivity contribution in [3.63, 3.8) is 0 Å². The van der Waals surface area contributed by atoms with Crippen LogP contribution >= 0.6 is 0 Å². The fourth-order valence-corrected chi connectivity index (χ4v) is 3.75. The van der Waals surface area contributed by atoms with Crippen molar-refractivity contribution in [2.24, 2.45) is 0 Å². The molecule has 0 spiro atoms. The molecule has 2 aliphatic rings. The Bertz CT molecular complexity index is 971. The van der Waals surface area contributed by atoms with Gasteiger partial charge in [-0.2, -0.15) is 0 Å². The molecule has 1 atom stereocenters. The van der Waals surface area contributed by atoms with E-state index in [-0.39, 0.29) is 31.7 Å². The Morgan fingerprint density at radius 1 is 0.935 bits per heavy atom. The molecule has 31 heavy (non-hydrogen) atoms. The van der Waals surface area contributed by atoms with Gasteiger partial charge in [-0.15, -0.1) is 0 Å². The van der Waals surface area contributed by atoms with Gasteiger partial charge in [-0.25, -0.2) is 9.59 Å². The Kier molecular flexibility index (Phi) is 5.97. The first-order chi connectivity index (χ1) is 15.1. The van der Waals surface area contributed by atoms with Crippen LogP contribution in [-0.4, -0.2) is 53.0 Å². The number of carbonyl (C=O) groups is 4. The van der Waals surface area contributed by atoms with Crippen molar-refractivity contribution in [2.75, 3.05) is 13.3 Å². The Balaban J connectivity index is 1.26. The Morgan fingerprint density at radius 2 is 1.58 bits per heavy atom. The summed E-state index contributed by atoms with van der Waals surface area (Å²) in [6.07, 6.45) is 0.806. The van der Waals surface area contributed by atoms with E-state index in [2.05, 4.69) is 0 Å². The molecule has 2 heterocycles. The maximum absolute atomic E-state index is 12.4. The van der Waals surface area contributed by atoms with Gasteiger partial charge in [0, 0.05) is 6.54 Å². The second-order valence-corrected chi connectivity index (χ2v) is 7.42. The summed E-state index contributed by atoms with van der Waals surface area (Å²) >= 11 is 0. The molecule has 2 aliphatic heterocycles. The van der Waals surface area contributed by atoms with E-state index in [4.69, 9.17) is 9.47 Å². The van der Waals surface area contributed by atoms with E-state index >= 15 is 0 Å². The zero-order chi connectivity index (χ0) is 21.8. The minimum absolute atomic E-state index is 0.108. The van der Waals surface area contributed by atoms with Crippen LogP contribution in [0.4, 0.5) is 4.79 Å². The number of fused-ring (bicyclic) bond motifs is 1. The maximum atomic E-state index is 12.4. The van der Waals surface area contributed by atoms with E-state index in [0.717, 1.165) is 5.56 Å². The number of hydrogen-bond donors (Lipinski definition) is 0. The van der Waals surface area contributed by atoms with Crippen LogP contribution in [0.25, 0.3) is 0 Å². The first kappa shape index (κ1) is 20.6. The van der Waals surface area contributed by atoms with Crippen molar-refractivity contribution in [3.05, 3.63) is 71.3 Å². The third-order valence-electron chi connectivity index (χ3n) is 5.42. The van der Waals surface area contributed by atoms with Crippen LogP contribution in [0.2, 0.25) is 0 Å². The molecule has 0 aliphatic carbocycles. The van der Waals surface area contributed by atoms with Gasteiger partial charge in [0.1, 0.15) is 12.6 Å². The van der Waals surface area contributed by atoms with E-state index in [1.54, 1.807) is 24.3 Å². The largest absolute Gasteiger partial charge is 0.444 e. The molecule has 2 aromatic carbocycles. The van der Waals surface area contributed by atoms with Crippen LogP contribution in [0.3, 0.4) is 0 Å². The fraction of sp³-hybridized carbons (Fsp3) is 0.304. The van der Waals surface area contributed by atoms with Gasteiger partial charge in [0.15, 0.2) is 6.73 Å². The number of esters is 1. The number of carbonyl (C=O) groups excluding carboxylic acids is 4. The number of benzene rings is 2. The zero-order valence-corrected chi connectivity index (χ0v) is 16.9. The first-order valence-corrected chi connectivity index (χ1v) is 10.2. The van der Waals surface area contributed by atoms with Gasteiger partial charge in [0.2, 0.25) is 0 Å². The lowest BCUT2D eigenvalue weighted by atomic mass is 10.1. The number of rotatable bonds is 7. The molecular formula is C23H22N2O6. The first-order valence-electron chi connectivity index (χ1n) is 10.2. The number of cyclic esters (lactones) is 1. The summed E-state index contributed by atoms with van der Waals surface area (Å²) in [7, 11) is 0. The molecule has 0 saturated carbocycles. The predicted molar refractivity (Wildman–Crippen MR) is 109 cm³/mol. The predicted octanol–water partition coefficient (Wildman–Crippen LogP) is 2.97. The zero-order valence-electron chi connectivity index (χ0n) is 16.9. The van der Waals surface area contributed by atoms with Gasteiger partial charge in [0.05, 0.1) is 11.1 Å². The molecule has 4 rings (SSSR count). The van der Waals surface area contributed by atoms with Gasteiger partial charge in [0.25, 0.3) is 11.8 Å². The number of hydrogen-bond acceptors (Lipinski definition) is 6. The van der Waals surface area contributed by atoms with E-state index in [9.17, 15) is 19.2 Å². The lowest BCUT2D eigenvalue weighted by Crippen LogP contribution is -2.38. The number of unbranched alkanes of at least 4 members (excludes halogenated alkanes) is 1. The van der Waals surface area contributed by atoms with Crippen LogP contribution in [0.15, 0.2) is 54.6 Å². The molecule has 0 radical (unpaired) electrons. The number of imide groups is 1. The second kappa shape index (κ2) is 8.99. The highest BCUT2D eigenvalue weighted by molar-refractivity contribution is 6.21. The molecule has 1 fully saturated rings. The topological polar surface area (TPSA) is 93.2 Å². The molecule has 2 aromatic rings. The summed E-state index contributed by atoms with van der Waals surface area (Å²) in [5.41, 5.74) is 1.68. The monoisotopic (exact) mass is 422 g/mol. The SMILES string of the molecule is O=C1OCN(C(=O)OCc2ccccc2)[C@H]1CCCCN1C(=O)c2ccccc2C1=O. The summed E-state index contributed by atoms with van der Waals surface area (Å²) in [6.45, 7) is 0.221. The van der Waals surface area contributed by atoms with Gasteiger partial charge in [-0.05, 0) is 37.0 Å². The summed E-state index contributed by atoms with van der Waals surface area (Å²) < 4.78 is 10.3. The average Bonchev–Trinajstić information content (AvgIpc) is 3.28. The van der Waals surface area contributed by atoms with Crippen LogP contribution in [0.5, 0.6) is 0 Å². The van der Waals surface area contributed by atoms with Crippen LogP contribution in [0, 0.1) is 0 Å². The minimum Gasteiger partial charge on any atom is -0.444 e. The van der Waals surface area contributed by atoms with Crippen molar-refractivity contribution >= 4 is 23.9 Å². The van der Waals surface area contributed by atoms with Crippen LogP contribution < -0.4 is 0 Å². The molecule has 0 N–H and O–H groups in total. The van der Waals surface area contributed by atoms with Gasteiger partial charge >= 0.3 is 12.1 Å². The summed E-state index contributed by atoms with van der Waals surface area (Å²) in [5, 5.41) is 0. The lowest BCUT2D eigenvalue weighted by molar-refractivity contribution is -0.139. The molecular weight excluding hydrogens is 400 g/mol. The molecule has 3 amide bonds. The average molecular weight is 422 g/mol. The molecule has 0 unspecified atom stereocenters. The standard InChI is InChI=1S/C23H22N2O6/c26-20-17-10-4-5-11-18(17)21(27)24(20)13-7-6-12-19-22(28)31-15-25(19)23(29)30-14-16-8-2-1-3-9-16/h1-5,8-11,19H,6-7,12-15H2/t19-/m0/s1. The highest BCUT2D eigenvalue weighted by Crippen LogP contribution is 2.24. The summed E-state index contributed by atoms with van der Waals surface area (Å²) in [6, 6.07) is 15.3. The number of nitrogens with zero attached hydrogens (tertiary/aromatic N) is 2. The van der Waals surface area contributed by atoms with E-state index < -0.39 is 18.1 Å². The molecule has 1 saturated heterocycles. The van der Waals surface area contributed by atoms with Gasteiger partial charge in [-0.1, -0.05) is 42.5 Å². The third kappa shape index (κ3) is 4.28. The summed E-state index contributed by atoms with van der Waals surface area (Å²) in [4.78, 5) is 51.8. The van der Waals surface area contributed by atoms with Crippen molar-refractivity contribution in [3.8, 4) is 0 Å². The molecule has 8 heteroatoms. The van der Waals surface area contributed by atoms with E-state index in [0.29, 0.717) is 30.4 Å². The fourth-order valence-electron chi connectivity index (χ4n) is 3.75. The Labute approximate surface area is 179 Å². The van der Waals surface area contributed by atoms with E-state index in [1.807, 2.05) is 30.3 Å². The van der Waals surface area contributed by atoms with Crippen molar-refractivity contribution in [1.82, 2.24) is 9.80 Å². The minimum atomic E-state index is -0.731. The van der Waals surface area contributed by atoms with E-state index in [1.165, 1.54) is 9.80 Å². The number of ether oxygens (including phenoxy) is 2. The third-order valence-corrected chi connectivity index (χ3v) is 5.42.